The van der Waals surface area contributed by atoms with Gasteiger partial charge in [-0.25, -0.2) is 0 Å². The van der Waals surface area contributed by atoms with Crippen molar-refractivity contribution in [1.82, 2.24) is 13.5 Å². The molecule has 14 nitrogen and oxygen atoms in total. The summed E-state index contributed by atoms with van der Waals surface area (Å²) >= 11 is 0. The van der Waals surface area contributed by atoms with E-state index in [9.17, 15) is 21.6 Å². The fraction of sp³-hybridized carbons (Fsp3) is 0.455. The Hall–Kier alpha value is -4.74. The van der Waals surface area contributed by atoms with Gasteiger partial charge in [0, 0.05) is 87.4 Å². The summed E-state index contributed by atoms with van der Waals surface area (Å²) in [4.78, 5) is 13.2. The number of benzene rings is 2. The number of nitrogens with one attached hydrogen (secondary N) is 1. The minimum atomic E-state index is -3.61. The van der Waals surface area contributed by atoms with Crippen molar-refractivity contribution in [3.05, 3.63) is 95.1 Å². The quantitative estimate of drug-likeness (QED) is 0.150. The van der Waals surface area contributed by atoms with E-state index in [4.69, 9.17) is 19.3 Å². The van der Waals surface area contributed by atoms with Gasteiger partial charge in [-0.3, -0.25) is 9.52 Å². The van der Waals surface area contributed by atoms with Gasteiger partial charge in [0.05, 0.1) is 24.6 Å². The van der Waals surface area contributed by atoms with E-state index in [0.717, 1.165) is 101 Å². The maximum Gasteiger partial charge on any atom is 0.322 e. The van der Waals surface area contributed by atoms with Gasteiger partial charge in [-0.05, 0) is 125 Å². The number of morpholine rings is 1. The molecule has 0 bridgehead atoms. The number of nitrogen functional groups attached to an aromatic ring is 1. The number of nitrogens with two attached hydrogens (primary N) is 1. The summed E-state index contributed by atoms with van der Waals surface area (Å²) in [6.07, 6.45) is 22.1. The van der Waals surface area contributed by atoms with Gasteiger partial charge in [0.2, 0.25) is 0 Å². The van der Waals surface area contributed by atoms with Crippen LogP contribution in [0.1, 0.15) is 74.0 Å². The first-order valence-electron chi connectivity index (χ1n) is 20.7. The van der Waals surface area contributed by atoms with E-state index in [1.807, 2.05) is 30.3 Å². The Kier molecular flexibility index (Phi) is 15.1. The highest BCUT2D eigenvalue weighted by Gasteiger charge is 2.21. The summed E-state index contributed by atoms with van der Waals surface area (Å²) in [6, 6.07) is 11.3. The van der Waals surface area contributed by atoms with Crippen molar-refractivity contribution in [2.75, 3.05) is 64.9 Å². The molecule has 0 atom stereocenters. The van der Waals surface area contributed by atoms with Gasteiger partial charge in [0.15, 0.2) is 5.78 Å². The van der Waals surface area contributed by atoms with Crippen LogP contribution in [-0.4, -0.2) is 96.3 Å². The molecule has 3 N–H and O–H groups in total. The average molecular weight is 863 g/mol. The highest BCUT2D eigenvalue weighted by molar-refractivity contribution is 7.90. The Morgan fingerprint density at radius 1 is 0.700 bits per heavy atom. The van der Waals surface area contributed by atoms with Crippen LogP contribution in [0.2, 0.25) is 0 Å². The molecule has 60 heavy (non-hydrogen) atoms. The van der Waals surface area contributed by atoms with Crippen molar-refractivity contribution in [3.8, 4) is 0 Å². The third-order valence-corrected chi connectivity index (χ3v) is 13.7. The molecule has 4 aliphatic carbocycles. The molecular weight excluding hydrogens is 805 g/mol. The van der Waals surface area contributed by atoms with E-state index in [1.165, 1.54) is 113 Å². The van der Waals surface area contributed by atoms with Gasteiger partial charge in [-0.2, -0.15) is 29.8 Å². The smallest absolute Gasteiger partial charge is 0.322 e. The maximum atomic E-state index is 11.9. The molecule has 0 unspecified atom stereocenters. The van der Waals surface area contributed by atoms with Gasteiger partial charge >= 0.3 is 20.4 Å². The number of anilines is 2. The van der Waals surface area contributed by atoms with Crippen LogP contribution in [0.3, 0.4) is 0 Å². The number of allylic oxidation sites excluding steroid dienone is 6. The lowest BCUT2D eigenvalue weighted by Crippen LogP contribution is -2.35. The maximum absolute atomic E-state index is 11.9. The topological polar surface area (TPSA) is 181 Å². The number of hydrogen-bond donors (Lipinski definition) is 2. The highest BCUT2D eigenvalue weighted by atomic mass is 32.2. The zero-order valence-electron chi connectivity index (χ0n) is 35.1. The molecule has 0 radical (unpaired) electrons. The van der Waals surface area contributed by atoms with Gasteiger partial charge < -0.3 is 24.2 Å². The summed E-state index contributed by atoms with van der Waals surface area (Å²) in [5.74, 6) is 2.06. The Labute approximate surface area is 354 Å². The second-order valence-electron chi connectivity index (χ2n) is 15.7. The van der Waals surface area contributed by atoms with Crippen LogP contribution in [0.4, 0.5) is 11.4 Å². The molecule has 1 fully saturated rings. The van der Waals surface area contributed by atoms with Crippen LogP contribution in [0.5, 0.6) is 0 Å². The van der Waals surface area contributed by atoms with E-state index in [2.05, 4.69) is 20.1 Å². The lowest BCUT2D eigenvalue weighted by atomic mass is 9.96. The molecule has 324 valence electrons. The minimum Gasteiger partial charge on any atom is -0.461 e. The van der Waals surface area contributed by atoms with Crippen LogP contribution in [0.25, 0.3) is 21.9 Å². The summed E-state index contributed by atoms with van der Waals surface area (Å²) in [7, 11) is -1.30. The van der Waals surface area contributed by atoms with Crippen molar-refractivity contribution >= 4 is 65.2 Å². The van der Waals surface area contributed by atoms with Crippen LogP contribution < -0.4 is 10.5 Å². The summed E-state index contributed by atoms with van der Waals surface area (Å²) in [6.45, 7) is 4.03. The second-order valence-corrected chi connectivity index (χ2v) is 19.4. The van der Waals surface area contributed by atoms with Crippen LogP contribution in [-0.2, 0) is 55.6 Å². The van der Waals surface area contributed by atoms with E-state index < -0.39 is 20.4 Å². The molecule has 2 aromatic heterocycles. The number of ketones is 1. The molecule has 1 aliphatic heterocycles. The number of hydrogen-bond acceptors (Lipinski definition) is 10. The summed E-state index contributed by atoms with van der Waals surface area (Å²) in [5, 5.41) is 2.25. The van der Waals surface area contributed by atoms with Crippen molar-refractivity contribution in [1.29, 1.82) is 0 Å². The number of furan rings is 2. The standard InChI is InChI=1S/C14H18N2O3S.C12H13NO.C10H17NO.C8H10N2O3S/c1-16(2)20(17,18)15-10-7-8-14-12(9-10)11-5-3-4-6-13(11)19-14;13-8-5-6-12-10(7-8)9-3-1-2-4-11(9)14-12;1-2-4-10(5-3-1)11-6-8-12-9-7-11;1-10(2)14(12,13)9-7-3-5-8(11)6-4-7/h7-9,15H,3-6H2,1-2H3;5-7H,1-4,13H2;4H,1-3,5-9H2;3-6H,1-2H3. The predicted molar refractivity (Wildman–Crippen MR) is 239 cm³/mol. The average Bonchev–Trinajstić information content (AvgIpc) is 3.80. The number of rotatable bonds is 6. The lowest BCUT2D eigenvalue weighted by molar-refractivity contribution is -0.110. The SMILES string of the molecule is C1=C(N2CCOCC2)CCCC1.CN(C)S(=O)(=O)N=C1C=CC(=O)C=C1.CN(C)S(=O)(=O)Nc1ccc2oc3c(c2c1)CCCC3.Nc1ccc2oc3c(c2c1)CCCC3. The molecule has 9 rings (SSSR count). The summed E-state index contributed by atoms with van der Waals surface area (Å²) in [5.41, 5.74) is 13.4. The zero-order chi connectivity index (χ0) is 42.9. The molecular formula is C44H58N6O8S2. The van der Waals surface area contributed by atoms with Crippen LogP contribution in [0.15, 0.2) is 85.7 Å². The fourth-order valence-corrected chi connectivity index (χ4v) is 8.69. The Bertz CT molecular complexity index is 2470. The summed E-state index contributed by atoms with van der Waals surface area (Å²) < 4.78 is 71.4. The number of carbonyl (C=O) groups is 1. The second kappa shape index (κ2) is 20.2. The van der Waals surface area contributed by atoms with E-state index in [-0.39, 0.29) is 11.5 Å². The number of ether oxygens (including phenoxy) is 1. The minimum absolute atomic E-state index is 0.175. The molecule has 2 aromatic carbocycles. The molecule has 0 amide bonds. The van der Waals surface area contributed by atoms with Gasteiger partial charge in [0.25, 0.3) is 0 Å². The van der Waals surface area contributed by atoms with Crippen molar-refractivity contribution < 1.29 is 35.2 Å². The molecule has 5 aliphatic rings. The van der Waals surface area contributed by atoms with Gasteiger partial charge in [-0.15, -0.1) is 0 Å². The van der Waals surface area contributed by atoms with Crippen molar-refractivity contribution in [2.45, 2.75) is 77.0 Å². The normalized spacial score (nSPS) is 17.8. The molecule has 4 aromatic rings. The Morgan fingerprint density at radius 3 is 1.83 bits per heavy atom. The first kappa shape index (κ1) is 44.8. The molecule has 0 spiro atoms. The third-order valence-electron chi connectivity index (χ3n) is 10.9. The van der Waals surface area contributed by atoms with Crippen LogP contribution >= 0.6 is 0 Å². The highest BCUT2D eigenvalue weighted by Crippen LogP contribution is 2.34. The molecule has 16 heteroatoms. The monoisotopic (exact) mass is 862 g/mol. The van der Waals surface area contributed by atoms with Gasteiger partial charge in [0.1, 0.15) is 22.7 Å². The number of nitrogens with zero attached hydrogens (tertiary/aromatic N) is 4. The Morgan fingerprint density at radius 2 is 1.27 bits per heavy atom. The molecule has 3 heterocycles. The first-order valence-corrected chi connectivity index (χ1v) is 23.5. The number of carbonyl (C=O) groups excluding carboxylic acids is 1. The molecule has 1 saturated heterocycles. The van der Waals surface area contributed by atoms with Crippen LogP contribution in [0, 0.1) is 0 Å². The van der Waals surface area contributed by atoms with Crippen molar-refractivity contribution in [2.24, 2.45) is 4.40 Å². The van der Waals surface area contributed by atoms with Crippen molar-refractivity contribution in [3.63, 3.8) is 0 Å². The fourth-order valence-electron chi connectivity index (χ4n) is 7.53. The zero-order valence-corrected chi connectivity index (χ0v) is 36.7. The lowest BCUT2D eigenvalue weighted by Gasteiger charge is -2.32. The largest absolute Gasteiger partial charge is 0.461 e. The van der Waals surface area contributed by atoms with E-state index in [0.29, 0.717) is 5.69 Å². The number of fused-ring (bicyclic) bond motifs is 6. The Balaban J connectivity index is 0.000000137. The third kappa shape index (κ3) is 11.8. The predicted octanol–water partition coefficient (Wildman–Crippen LogP) is 7.13. The molecule has 0 saturated carbocycles. The first-order chi connectivity index (χ1) is 28.7. The van der Waals surface area contributed by atoms with E-state index in [1.54, 1.807) is 11.8 Å². The number of aryl methyl sites for hydroxylation is 4. The van der Waals surface area contributed by atoms with Gasteiger partial charge in [-0.1, -0.05) is 6.08 Å². The van der Waals surface area contributed by atoms with E-state index >= 15 is 0 Å².